The molecule has 1 saturated heterocycles. The van der Waals surface area contributed by atoms with Gasteiger partial charge in [0.25, 0.3) is 5.91 Å². The highest BCUT2D eigenvalue weighted by atomic mass is 35.5. The van der Waals surface area contributed by atoms with Gasteiger partial charge in [-0.2, -0.15) is 4.98 Å². The first-order valence-electron chi connectivity index (χ1n) is 11.6. The SMILES string of the molecule is CN(C)C1CCN(c2ccc(Nc3ncc4c(n3)OCN(c3c(Cl)cccc3Cl)C4=O)cc2Cl)CC1. The van der Waals surface area contributed by atoms with Crippen LogP contribution in [0, 0.1) is 0 Å². The van der Waals surface area contributed by atoms with Gasteiger partial charge in [0.15, 0.2) is 6.73 Å². The largest absolute Gasteiger partial charge is 0.455 e. The molecule has 1 amide bonds. The summed E-state index contributed by atoms with van der Waals surface area (Å²) in [6.07, 6.45) is 3.63. The van der Waals surface area contributed by atoms with E-state index in [0.717, 1.165) is 37.3 Å². The Morgan fingerprint density at radius 1 is 1.06 bits per heavy atom. The van der Waals surface area contributed by atoms with Crippen LogP contribution in [0.15, 0.2) is 42.6 Å². The molecular weight excluding hydrogens is 523 g/mol. The average Bonchev–Trinajstić information content (AvgIpc) is 2.85. The molecule has 0 saturated carbocycles. The molecule has 0 atom stereocenters. The number of carbonyl (C=O) groups is 1. The van der Waals surface area contributed by atoms with Gasteiger partial charge in [0, 0.05) is 31.0 Å². The van der Waals surface area contributed by atoms with Gasteiger partial charge in [-0.05, 0) is 57.3 Å². The van der Waals surface area contributed by atoms with Crippen molar-refractivity contribution in [1.29, 1.82) is 0 Å². The molecule has 0 bridgehead atoms. The van der Waals surface area contributed by atoms with E-state index in [-0.39, 0.29) is 24.1 Å². The third-order valence-corrected chi connectivity index (χ3v) is 7.42. The second-order valence-electron chi connectivity index (χ2n) is 8.96. The van der Waals surface area contributed by atoms with E-state index in [9.17, 15) is 4.79 Å². The van der Waals surface area contributed by atoms with E-state index in [1.807, 2.05) is 18.2 Å². The Bertz CT molecular complexity index is 1280. The fourth-order valence-corrected chi connectivity index (χ4v) is 5.42. The van der Waals surface area contributed by atoms with Crippen LogP contribution in [0.2, 0.25) is 15.1 Å². The first kappa shape index (κ1) is 24.9. The molecule has 2 aliphatic rings. The minimum atomic E-state index is -0.344. The molecule has 1 N–H and O–H groups in total. The van der Waals surface area contributed by atoms with E-state index in [0.29, 0.717) is 32.7 Å². The molecule has 11 heteroatoms. The van der Waals surface area contributed by atoms with Gasteiger partial charge in [0.1, 0.15) is 5.56 Å². The molecule has 0 radical (unpaired) electrons. The van der Waals surface area contributed by atoms with Gasteiger partial charge in [-0.15, -0.1) is 0 Å². The lowest BCUT2D eigenvalue weighted by molar-refractivity contribution is 0.0932. The molecule has 2 aliphatic heterocycles. The first-order valence-corrected chi connectivity index (χ1v) is 12.7. The molecule has 188 valence electrons. The van der Waals surface area contributed by atoms with Gasteiger partial charge in [-0.25, -0.2) is 4.98 Å². The summed E-state index contributed by atoms with van der Waals surface area (Å²) in [5.41, 5.74) is 2.35. The van der Waals surface area contributed by atoms with E-state index < -0.39 is 0 Å². The molecule has 8 nitrogen and oxygen atoms in total. The van der Waals surface area contributed by atoms with Gasteiger partial charge in [0.2, 0.25) is 11.8 Å². The van der Waals surface area contributed by atoms with Crippen molar-refractivity contribution in [1.82, 2.24) is 14.9 Å². The molecule has 0 spiro atoms. The molecule has 3 heterocycles. The number of piperidine rings is 1. The second kappa shape index (κ2) is 10.3. The first-order chi connectivity index (χ1) is 17.3. The van der Waals surface area contributed by atoms with Crippen molar-refractivity contribution in [2.75, 3.05) is 49.0 Å². The number of hydrogen-bond acceptors (Lipinski definition) is 7. The summed E-state index contributed by atoms with van der Waals surface area (Å²) in [5, 5.41) is 4.50. The van der Waals surface area contributed by atoms with Crippen LogP contribution in [-0.2, 0) is 0 Å². The van der Waals surface area contributed by atoms with Crippen molar-refractivity contribution in [3.63, 3.8) is 0 Å². The zero-order valence-corrected chi connectivity index (χ0v) is 22.1. The number of nitrogens with one attached hydrogen (secondary N) is 1. The number of anilines is 4. The highest BCUT2D eigenvalue weighted by Crippen LogP contribution is 2.37. The Balaban J connectivity index is 1.29. The maximum Gasteiger partial charge on any atom is 0.268 e. The van der Waals surface area contributed by atoms with E-state index in [1.165, 1.54) is 11.1 Å². The minimum absolute atomic E-state index is 0.0726. The fraction of sp³-hybridized carbons (Fsp3) is 0.320. The van der Waals surface area contributed by atoms with Crippen molar-refractivity contribution in [3.05, 3.63) is 63.2 Å². The van der Waals surface area contributed by atoms with E-state index in [1.54, 1.807) is 18.2 Å². The third-order valence-electron chi connectivity index (χ3n) is 6.51. The van der Waals surface area contributed by atoms with Crippen LogP contribution in [0.5, 0.6) is 5.88 Å². The summed E-state index contributed by atoms with van der Waals surface area (Å²) >= 11 is 19.2. The van der Waals surface area contributed by atoms with E-state index >= 15 is 0 Å². The monoisotopic (exact) mass is 546 g/mol. The molecule has 36 heavy (non-hydrogen) atoms. The summed E-state index contributed by atoms with van der Waals surface area (Å²) in [6.45, 7) is 1.85. The van der Waals surface area contributed by atoms with Crippen molar-refractivity contribution in [2.24, 2.45) is 0 Å². The van der Waals surface area contributed by atoms with Crippen molar-refractivity contribution >= 4 is 63.7 Å². The van der Waals surface area contributed by atoms with Crippen molar-refractivity contribution in [3.8, 4) is 5.88 Å². The van der Waals surface area contributed by atoms with Crippen LogP contribution in [0.4, 0.5) is 23.0 Å². The average molecular weight is 548 g/mol. The quantitative estimate of drug-likeness (QED) is 0.439. The van der Waals surface area contributed by atoms with Crippen LogP contribution in [-0.4, -0.2) is 60.7 Å². The molecule has 5 rings (SSSR count). The van der Waals surface area contributed by atoms with E-state index in [4.69, 9.17) is 39.5 Å². The number of para-hydroxylation sites is 1. The Labute approximate surface area is 224 Å². The lowest BCUT2D eigenvalue weighted by atomic mass is 10.0. The Morgan fingerprint density at radius 3 is 2.44 bits per heavy atom. The van der Waals surface area contributed by atoms with Crippen LogP contribution in [0.3, 0.4) is 0 Å². The zero-order valence-electron chi connectivity index (χ0n) is 19.8. The van der Waals surface area contributed by atoms with Gasteiger partial charge in [-0.1, -0.05) is 40.9 Å². The number of hydrogen-bond donors (Lipinski definition) is 1. The molecule has 0 unspecified atom stereocenters. The van der Waals surface area contributed by atoms with Crippen LogP contribution in [0.25, 0.3) is 0 Å². The molecule has 0 aliphatic carbocycles. The number of halogens is 3. The summed E-state index contributed by atoms with van der Waals surface area (Å²) in [7, 11) is 4.25. The lowest BCUT2D eigenvalue weighted by Gasteiger charge is -2.36. The minimum Gasteiger partial charge on any atom is -0.455 e. The van der Waals surface area contributed by atoms with Crippen LogP contribution >= 0.6 is 34.8 Å². The predicted molar refractivity (Wildman–Crippen MR) is 144 cm³/mol. The fourth-order valence-electron chi connectivity index (χ4n) is 4.52. The molecule has 2 aromatic carbocycles. The summed E-state index contributed by atoms with van der Waals surface area (Å²) in [5.74, 6) is 0.132. The molecule has 1 fully saturated rings. The number of ether oxygens (including phenoxy) is 1. The maximum absolute atomic E-state index is 13.1. The number of benzene rings is 2. The normalized spacial score (nSPS) is 16.2. The Morgan fingerprint density at radius 2 is 1.78 bits per heavy atom. The van der Waals surface area contributed by atoms with Gasteiger partial charge in [-0.3, -0.25) is 9.69 Å². The zero-order chi connectivity index (χ0) is 25.4. The highest BCUT2D eigenvalue weighted by molar-refractivity contribution is 6.40. The summed E-state index contributed by atoms with van der Waals surface area (Å²) in [6, 6.07) is 11.4. The molecule has 3 aromatic rings. The van der Waals surface area contributed by atoms with Crippen LogP contribution in [0.1, 0.15) is 23.2 Å². The topological polar surface area (TPSA) is 73.8 Å². The molecule has 1 aromatic heterocycles. The number of carbonyl (C=O) groups excluding carboxylic acids is 1. The smallest absolute Gasteiger partial charge is 0.268 e. The van der Waals surface area contributed by atoms with E-state index in [2.05, 4.69) is 39.2 Å². The number of fused-ring (bicyclic) bond motifs is 1. The van der Waals surface area contributed by atoms with Gasteiger partial charge >= 0.3 is 0 Å². The Kier molecular flexibility index (Phi) is 7.12. The summed E-state index contributed by atoms with van der Waals surface area (Å²) < 4.78 is 5.76. The van der Waals surface area contributed by atoms with Crippen molar-refractivity contribution in [2.45, 2.75) is 18.9 Å². The predicted octanol–water partition coefficient (Wildman–Crippen LogP) is 5.71. The Hall–Kier alpha value is -2.78. The van der Waals surface area contributed by atoms with Crippen molar-refractivity contribution < 1.29 is 9.53 Å². The van der Waals surface area contributed by atoms with Gasteiger partial charge < -0.3 is 19.9 Å². The number of rotatable bonds is 5. The third kappa shape index (κ3) is 4.91. The summed E-state index contributed by atoms with van der Waals surface area (Å²) in [4.78, 5) is 27.7. The van der Waals surface area contributed by atoms with Crippen LogP contribution < -0.4 is 19.9 Å². The number of amides is 1. The lowest BCUT2D eigenvalue weighted by Crippen LogP contribution is -2.42. The standard InChI is InChI=1S/C25H25Cl3N6O2/c1-32(2)16-8-10-33(11-9-16)21-7-6-15(12-20(21)28)30-25-29-13-17-23(31-25)36-14-34(24(17)35)22-18(26)4-3-5-19(22)27/h3-7,12-13,16H,8-11,14H2,1-2H3,(H,29,30,31). The maximum atomic E-state index is 13.1. The molecular formula is C25H25Cl3N6O2. The second-order valence-corrected chi connectivity index (χ2v) is 10.2. The highest BCUT2D eigenvalue weighted by Gasteiger charge is 2.31. The van der Waals surface area contributed by atoms with Gasteiger partial charge in [0.05, 0.1) is 26.4 Å². The number of nitrogens with zero attached hydrogens (tertiary/aromatic N) is 5. The number of aromatic nitrogens is 2.